The number of aryl methyl sites for hydroxylation is 1. The number of rotatable bonds is 5. The average molecular weight is 433 g/mol. The second-order valence-electron chi connectivity index (χ2n) is 4.63. The molecule has 0 saturated heterocycles. The van der Waals surface area contributed by atoms with Crippen LogP contribution in [0.5, 0.6) is 5.75 Å². The standard InChI is InChI=1S/C13H10Cl2N6OS3/c1-6-11(25-21-18-6)16-12(23)17-13-20-19-10(24-13)5-22-9-3-2-7(14)4-8(9)15/h2-4H,5H2,1H3,(H2,16,17,20,23). The summed E-state index contributed by atoms with van der Waals surface area (Å²) in [5.74, 6) is 0.529. The number of benzene rings is 1. The molecule has 0 aliphatic carbocycles. The first-order chi connectivity index (χ1) is 12.0. The molecule has 25 heavy (non-hydrogen) atoms. The van der Waals surface area contributed by atoms with Crippen molar-refractivity contribution < 1.29 is 4.74 Å². The molecule has 0 bridgehead atoms. The highest BCUT2D eigenvalue weighted by Gasteiger charge is 2.10. The van der Waals surface area contributed by atoms with Crippen LogP contribution in [-0.2, 0) is 6.61 Å². The fourth-order valence-corrected chi connectivity index (χ4v) is 3.69. The monoisotopic (exact) mass is 432 g/mol. The van der Waals surface area contributed by atoms with Crippen LogP contribution < -0.4 is 15.4 Å². The lowest BCUT2D eigenvalue weighted by atomic mass is 10.3. The van der Waals surface area contributed by atoms with E-state index in [0.717, 1.165) is 10.7 Å². The van der Waals surface area contributed by atoms with Gasteiger partial charge in [-0.15, -0.1) is 15.3 Å². The van der Waals surface area contributed by atoms with Gasteiger partial charge in [0.15, 0.2) is 10.1 Å². The summed E-state index contributed by atoms with van der Waals surface area (Å²) in [6.45, 7) is 2.08. The number of nitrogens with one attached hydrogen (secondary N) is 2. The SMILES string of the molecule is Cc1nnsc1NC(=S)Nc1nnc(COc2ccc(Cl)cc2Cl)s1. The Kier molecular flexibility index (Phi) is 5.97. The minimum atomic E-state index is 0.235. The summed E-state index contributed by atoms with van der Waals surface area (Å²) >= 11 is 19.7. The van der Waals surface area contributed by atoms with Crippen molar-refractivity contribution in [3.8, 4) is 5.75 Å². The van der Waals surface area contributed by atoms with Gasteiger partial charge in [0.2, 0.25) is 5.13 Å². The highest BCUT2D eigenvalue weighted by Crippen LogP contribution is 2.28. The highest BCUT2D eigenvalue weighted by atomic mass is 35.5. The lowest BCUT2D eigenvalue weighted by Crippen LogP contribution is -2.18. The van der Waals surface area contributed by atoms with Crippen LogP contribution in [0.1, 0.15) is 10.7 Å². The van der Waals surface area contributed by atoms with E-state index in [9.17, 15) is 0 Å². The van der Waals surface area contributed by atoms with Crippen LogP contribution in [-0.4, -0.2) is 24.9 Å². The molecule has 0 saturated carbocycles. The first kappa shape index (κ1) is 18.2. The molecule has 0 amide bonds. The molecule has 0 aliphatic rings. The zero-order chi connectivity index (χ0) is 17.8. The Hall–Kier alpha value is -1.59. The molecule has 3 aromatic rings. The van der Waals surface area contributed by atoms with Gasteiger partial charge in [0.1, 0.15) is 17.4 Å². The second-order valence-corrected chi connectivity index (χ2v) is 7.70. The number of ether oxygens (including phenoxy) is 1. The van der Waals surface area contributed by atoms with Gasteiger partial charge >= 0.3 is 0 Å². The Bertz CT molecular complexity index is 900. The summed E-state index contributed by atoms with van der Waals surface area (Å²) in [5, 5.41) is 21.3. The van der Waals surface area contributed by atoms with Crippen LogP contribution in [0.3, 0.4) is 0 Å². The van der Waals surface area contributed by atoms with Gasteiger partial charge in [-0.1, -0.05) is 39.0 Å². The molecular formula is C13H10Cl2N6OS3. The lowest BCUT2D eigenvalue weighted by Gasteiger charge is -2.06. The summed E-state index contributed by atoms with van der Waals surface area (Å²) in [6, 6.07) is 5.03. The topological polar surface area (TPSA) is 84.9 Å². The second kappa shape index (κ2) is 8.19. The molecule has 3 rings (SSSR count). The van der Waals surface area contributed by atoms with Crippen molar-refractivity contribution in [1.29, 1.82) is 0 Å². The number of halogens is 2. The van der Waals surface area contributed by atoms with E-state index in [2.05, 4.69) is 30.4 Å². The van der Waals surface area contributed by atoms with Crippen molar-refractivity contribution in [3.05, 3.63) is 38.9 Å². The van der Waals surface area contributed by atoms with Gasteiger partial charge in [-0.25, -0.2) is 0 Å². The van der Waals surface area contributed by atoms with Crippen LogP contribution >= 0.6 is 58.3 Å². The molecule has 2 heterocycles. The maximum atomic E-state index is 6.06. The van der Waals surface area contributed by atoms with Crippen LogP contribution in [0.2, 0.25) is 10.0 Å². The van der Waals surface area contributed by atoms with Crippen molar-refractivity contribution in [2.45, 2.75) is 13.5 Å². The fraction of sp³-hybridized carbons (Fsp3) is 0.154. The van der Waals surface area contributed by atoms with Gasteiger partial charge < -0.3 is 15.4 Å². The van der Waals surface area contributed by atoms with Gasteiger partial charge in [0, 0.05) is 16.6 Å². The number of anilines is 2. The normalized spacial score (nSPS) is 10.5. The molecule has 2 N–H and O–H groups in total. The summed E-state index contributed by atoms with van der Waals surface area (Å²) in [6.07, 6.45) is 0. The average Bonchev–Trinajstić information content (AvgIpc) is 3.16. The maximum absolute atomic E-state index is 6.06. The van der Waals surface area contributed by atoms with Crippen molar-refractivity contribution >= 4 is 73.5 Å². The predicted molar refractivity (Wildman–Crippen MR) is 105 cm³/mol. The van der Waals surface area contributed by atoms with Crippen molar-refractivity contribution in [1.82, 2.24) is 19.8 Å². The zero-order valence-corrected chi connectivity index (χ0v) is 16.6. The Balaban J connectivity index is 1.55. The van der Waals surface area contributed by atoms with E-state index in [4.69, 9.17) is 40.2 Å². The summed E-state index contributed by atoms with van der Waals surface area (Å²) in [4.78, 5) is 0. The first-order valence-electron chi connectivity index (χ1n) is 6.78. The van der Waals surface area contributed by atoms with Gasteiger partial charge in [-0.3, -0.25) is 0 Å². The molecular weight excluding hydrogens is 423 g/mol. The highest BCUT2D eigenvalue weighted by molar-refractivity contribution is 7.80. The van der Waals surface area contributed by atoms with Crippen molar-refractivity contribution in [2.75, 3.05) is 10.6 Å². The van der Waals surface area contributed by atoms with E-state index < -0.39 is 0 Å². The Morgan fingerprint density at radius 1 is 1.24 bits per heavy atom. The molecule has 7 nitrogen and oxygen atoms in total. The van der Waals surface area contributed by atoms with Gasteiger partial charge in [0.05, 0.1) is 10.7 Å². The third-order valence-electron chi connectivity index (χ3n) is 2.81. The van der Waals surface area contributed by atoms with E-state index in [1.54, 1.807) is 18.2 Å². The number of nitrogens with zero attached hydrogens (tertiary/aromatic N) is 4. The van der Waals surface area contributed by atoms with Crippen LogP contribution in [0, 0.1) is 6.92 Å². The van der Waals surface area contributed by atoms with E-state index in [1.807, 2.05) is 6.92 Å². The smallest absolute Gasteiger partial charge is 0.211 e. The summed E-state index contributed by atoms with van der Waals surface area (Å²) in [5.41, 5.74) is 0.778. The lowest BCUT2D eigenvalue weighted by molar-refractivity contribution is 0.305. The quantitative estimate of drug-likeness (QED) is 0.573. The number of aromatic nitrogens is 4. The summed E-state index contributed by atoms with van der Waals surface area (Å²) < 4.78 is 9.46. The van der Waals surface area contributed by atoms with E-state index in [1.165, 1.54) is 22.9 Å². The largest absolute Gasteiger partial charge is 0.485 e. The first-order valence-corrected chi connectivity index (χ1v) is 9.54. The van der Waals surface area contributed by atoms with Crippen molar-refractivity contribution in [2.24, 2.45) is 0 Å². The Morgan fingerprint density at radius 3 is 2.80 bits per heavy atom. The Morgan fingerprint density at radius 2 is 2.08 bits per heavy atom. The molecule has 2 aromatic heterocycles. The molecule has 0 atom stereocenters. The predicted octanol–water partition coefficient (Wildman–Crippen LogP) is 4.39. The maximum Gasteiger partial charge on any atom is 0.211 e. The van der Waals surface area contributed by atoms with Crippen LogP contribution in [0.25, 0.3) is 0 Å². The molecule has 0 unspecified atom stereocenters. The molecule has 0 spiro atoms. The minimum absolute atomic E-state index is 0.235. The van der Waals surface area contributed by atoms with Gasteiger partial charge in [0.25, 0.3) is 0 Å². The summed E-state index contributed by atoms with van der Waals surface area (Å²) in [7, 11) is 0. The third-order valence-corrected chi connectivity index (χ3v) is 5.10. The fourth-order valence-electron chi connectivity index (χ4n) is 1.67. The molecule has 0 aliphatic heterocycles. The number of thiocarbonyl (C=S) groups is 1. The van der Waals surface area contributed by atoms with Gasteiger partial charge in [-0.05, 0) is 37.3 Å². The van der Waals surface area contributed by atoms with Crippen molar-refractivity contribution in [3.63, 3.8) is 0 Å². The Labute approximate surface area is 166 Å². The molecule has 0 fully saturated rings. The van der Waals surface area contributed by atoms with Crippen LogP contribution in [0.15, 0.2) is 18.2 Å². The minimum Gasteiger partial charge on any atom is -0.485 e. The third kappa shape index (κ3) is 4.95. The number of hydrogen-bond acceptors (Lipinski definition) is 8. The van der Waals surface area contributed by atoms with E-state index >= 15 is 0 Å². The van der Waals surface area contributed by atoms with E-state index in [0.29, 0.717) is 31.0 Å². The van der Waals surface area contributed by atoms with Gasteiger partial charge in [-0.2, -0.15) is 0 Å². The number of hydrogen-bond donors (Lipinski definition) is 2. The molecule has 1 aromatic carbocycles. The zero-order valence-electron chi connectivity index (χ0n) is 12.6. The van der Waals surface area contributed by atoms with Crippen LogP contribution in [0.4, 0.5) is 10.1 Å². The molecule has 130 valence electrons. The molecule has 0 radical (unpaired) electrons. The molecule has 12 heteroatoms. The van der Waals surface area contributed by atoms with E-state index in [-0.39, 0.29) is 6.61 Å².